The number of pyridine rings is 2. The van der Waals surface area contributed by atoms with Crippen LogP contribution in [0.2, 0.25) is 0 Å². The van der Waals surface area contributed by atoms with E-state index in [0.717, 1.165) is 34.0 Å². The van der Waals surface area contributed by atoms with E-state index in [1.54, 1.807) is 29.3 Å². The van der Waals surface area contributed by atoms with E-state index in [0.29, 0.717) is 39.6 Å². The average molecular weight is 597 g/mol. The number of amides is 2. The molecule has 2 aliphatic rings. The fraction of sp³-hybridized carbons (Fsp3) is 0.241. The number of likely N-dealkylation sites (tertiary alicyclic amines) is 1. The number of aryl methyl sites for hydroxylation is 1. The third-order valence-corrected chi connectivity index (χ3v) is 8.34. The molecule has 7 rings (SSSR count). The van der Waals surface area contributed by atoms with Gasteiger partial charge in [-0.15, -0.1) is 0 Å². The summed E-state index contributed by atoms with van der Waals surface area (Å²) in [5.74, 6) is 0.791. The standard InChI is InChI=1S/C29H25BrN8O2/c1-15-8-17(16-4-3-7-32-12-16)9-19-25-27(31)33-14-34-28(25)37(26(15)19)13-24(39)38-20-10-18(20)11-21(38)29(40)36-23-6-2-5-22(30)35-23/h2-9,12,14,18,20-21H,10-11,13H2,1H3,(H2,31,33,34)(H,35,36,40)/t18-,20-,21+/m1/s1. The van der Waals surface area contributed by atoms with Crippen molar-refractivity contribution in [2.75, 3.05) is 11.1 Å². The molecule has 10 nitrogen and oxygen atoms in total. The maximum absolute atomic E-state index is 14.0. The molecule has 1 aliphatic carbocycles. The Morgan fingerprint density at radius 1 is 1.12 bits per heavy atom. The molecule has 1 aromatic carbocycles. The lowest BCUT2D eigenvalue weighted by molar-refractivity contribution is -0.138. The molecule has 0 bridgehead atoms. The van der Waals surface area contributed by atoms with Gasteiger partial charge in [0.1, 0.15) is 40.8 Å². The van der Waals surface area contributed by atoms with Gasteiger partial charge in [0, 0.05) is 29.4 Å². The summed E-state index contributed by atoms with van der Waals surface area (Å²) < 4.78 is 2.54. The monoisotopic (exact) mass is 596 g/mol. The van der Waals surface area contributed by atoms with Crippen LogP contribution in [-0.4, -0.2) is 53.3 Å². The highest BCUT2D eigenvalue weighted by atomic mass is 79.9. The summed E-state index contributed by atoms with van der Waals surface area (Å²) in [5.41, 5.74) is 10.8. The van der Waals surface area contributed by atoms with Crippen LogP contribution < -0.4 is 11.1 Å². The Morgan fingerprint density at radius 2 is 2.00 bits per heavy atom. The van der Waals surface area contributed by atoms with Crippen molar-refractivity contribution >= 4 is 61.3 Å². The first-order valence-corrected chi connectivity index (χ1v) is 13.9. The van der Waals surface area contributed by atoms with E-state index in [-0.39, 0.29) is 24.4 Å². The quantitative estimate of drug-likeness (QED) is 0.289. The first-order valence-electron chi connectivity index (χ1n) is 13.1. The van der Waals surface area contributed by atoms with Crippen LogP contribution in [0.3, 0.4) is 0 Å². The van der Waals surface area contributed by atoms with Gasteiger partial charge in [0.25, 0.3) is 0 Å². The second-order valence-electron chi connectivity index (χ2n) is 10.4. The number of nitrogens with two attached hydrogens (primary N) is 1. The minimum atomic E-state index is -0.553. The van der Waals surface area contributed by atoms with Gasteiger partial charge in [-0.1, -0.05) is 12.1 Å². The number of rotatable bonds is 5. The van der Waals surface area contributed by atoms with Gasteiger partial charge >= 0.3 is 0 Å². The number of aromatic nitrogens is 5. The van der Waals surface area contributed by atoms with Crippen LogP contribution in [0.25, 0.3) is 33.1 Å². The van der Waals surface area contributed by atoms with Crippen LogP contribution in [0.1, 0.15) is 18.4 Å². The molecular weight excluding hydrogens is 572 g/mol. The van der Waals surface area contributed by atoms with Crippen molar-refractivity contribution in [3.63, 3.8) is 0 Å². The lowest BCUT2D eigenvalue weighted by Gasteiger charge is -2.27. The fourth-order valence-corrected chi connectivity index (χ4v) is 6.44. The molecule has 5 aromatic rings. The summed E-state index contributed by atoms with van der Waals surface area (Å²) >= 11 is 3.34. The Balaban J connectivity index is 1.26. The fourth-order valence-electron chi connectivity index (χ4n) is 6.09. The number of nitrogen functional groups attached to an aromatic ring is 1. The zero-order chi connectivity index (χ0) is 27.5. The molecule has 4 aromatic heterocycles. The number of nitrogens with one attached hydrogen (secondary N) is 1. The molecule has 0 radical (unpaired) electrons. The summed E-state index contributed by atoms with van der Waals surface area (Å²) in [5, 5.41) is 4.47. The van der Waals surface area contributed by atoms with E-state index >= 15 is 0 Å². The predicted octanol–water partition coefficient (Wildman–Crippen LogP) is 4.32. The normalized spacial score (nSPS) is 19.6. The maximum Gasteiger partial charge on any atom is 0.248 e. The number of carbonyl (C=O) groups is 2. The first-order chi connectivity index (χ1) is 19.4. The highest BCUT2D eigenvalue weighted by Gasteiger charge is 2.56. The van der Waals surface area contributed by atoms with E-state index in [9.17, 15) is 9.59 Å². The van der Waals surface area contributed by atoms with Crippen molar-refractivity contribution in [2.24, 2.45) is 5.92 Å². The predicted molar refractivity (Wildman–Crippen MR) is 155 cm³/mol. The molecule has 1 aliphatic heterocycles. The molecule has 2 fully saturated rings. The Morgan fingerprint density at radius 3 is 2.80 bits per heavy atom. The van der Waals surface area contributed by atoms with Crippen LogP contribution in [0.5, 0.6) is 0 Å². The number of hydrogen-bond acceptors (Lipinski definition) is 7. The number of fused-ring (bicyclic) bond motifs is 4. The molecule has 1 saturated heterocycles. The van der Waals surface area contributed by atoms with E-state index in [2.05, 4.69) is 53.3 Å². The van der Waals surface area contributed by atoms with E-state index in [1.807, 2.05) is 29.8 Å². The average Bonchev–Trinajstić information content (AvgIpc) is 3.48. The van der Waals surface area contributed by atoms with Gasteiger partial charge in [-0.2, -0.15) is 0 Å². The zero-order valence-corrected chi connectivity index (χ0v) is 23.2. The van der Waals surface area contributed by atoms with Gasteiger partial charge < -0.3 is 20.5 Å². The number of benzene rings is 1. The van der Waals surface area contributed by atoms with Crippen LogP contribution in [-0.2, 0) is 16.1 Å². The number of nitrogens with zero attached hydrogens (tertiary/aromatic N) is 6. The molecule has 40 heavy (non-hydrogen) atoms. The minimum absolute atomic E-state index is 0.0334. The van der Waals surface area contributed by atoms with Crippen molar-refractivity contribution in [1.82, 2.24) is 29.4 Å². The molecule has 3 atom stereocenters. The Labute approximate surface area is 237 Å². The Hall–Kier alpha value is -4.38. The molecule has 1 saturated carbocycles. The lowest BCUT2D eigenvalue weighted by Crippen LogP contribution is -2.46. The molecular formula is C29H25BrN8O2. The van der Waals surface area contributed by atoms with Crippen LogP contribution in [0, 0.1) is 12.8 Å². The Kier molecular flexibility index (Phi) is 5.77. The highest BCUT2D eigenvalue weighted by Crippen LogP contribution is 2.48. The number of piperidine rings is 1. The molecule has 0 spiro atoms. The van der Waals surface area contributed by atoms with Crippen molar-refractivity contribution < 1.29 is 9.59 Å². The summed E-state index contributed by atoms with van der Waals surface area (Å²) in [6.45, 7) is 2.05. The van der Waals surface area contributed by atoms with Crippen molar-refractivity contribution in [3.05, 3.63) is 71.4 Å². The van der Waals surface area contributed by atoms with Gasteiger partial charge in [0.15, 0.2) is 0 Å². The highest BCUT2D eigenvalue weighted by molar-refractivity contribution is 9.10. The zero-order valence-electron chi connectivity index (χ0n) is 21.6. The van der Waals surface area contributed by atoms with Gasteiger partial charge in [-0.3, -0.25) is 14.6 Å². The molecule has 11 heteroatoms. The molecule has 3 N–H and O–H groups in total. The Bertz CT molecular complexity index is 1820. The second-order valence-corrected chi connectivity index (χ2v) is 11.2. The van der Waals surface area contributed by atoms with Crippen LogP contribution >= 0.6 is 15.9 Å². The third kappa shape index (κ3) is 4.08. The van der Waals surface area contributed by atoms with Crippen LogP contribution in [0.15, 0.2) is 65.8 Å². The van der Waals surface area contributed by atoms with Gasteiger partial charge in [-0.05, 0) is 83.1 Å². The summed E-state index contributed by atoms with van der Waals surface area (Å²) in [4.78, 5) is 46.4. The molecule has 0 unspecified atom stereocenters. The number of anilines is 2. The van der Waals surface area contributed by atoms with Crippen molar-refractivity contribution in [2.45, 2.75) is 38.4 Å². The second kappa shape index (κ2) is 9.37. The van der Waals surface area contributed by atoms with Gasteiger partial charge in [-0.25, -0.2) is 15.0 Å². The SMILES string of the molecule is Cc1cc(-c2cccnc2)cc2c3c(N)ncnc3n(CC(=O)N3[C@@H]4C[C@@H]4C[C@H]3C(=O)Nc3cccc(Br)n3)c12. The molecule has 2 amide bonds. The van der Waals surface area contributed by atoms with Crippen molar-refractivity contribution in [3.8, 4) is 11.1 Å². The largest absolute Gasteiger partial charge is 0.383 e. The number of hydrogen-bond donors (Lipinski definition) is 2. The first kappa shape index (κ1) is 24.6. The summed E-state index contributed by atoms with van der Waals surface area (Å²) in [7, 11) is 0. The number of carbonyl (C=O) groups excluding carboxylic acids is 2. The molecule has 200 valence electrons. The van der Waals surface area contributed by atoms with E-state index in [4.69, 9.17) is 5.73 Å². The summed E-state index contributed by atoms with van der Waals surface area (Å²) in [6.07, 6.45) is 6.54. The topological polar surface area (TPSA) is 132 Å². The van der Waals surface area contributed by atoms with Crippen LogP contribution in [0.4, 0.5) is 11.6 Å². The van der Waals surface area contributed by atoms with Gasteiger partial charge in [0.05, 0.1) is 10.9 Å². The third-order valence-electron chi connectivity index (χ3n) is 7.90. The summed E-state index contributed by atoms with van der Waals surface area (Å²) in [6, 6.07) is 12.9. The lowest BCUT2D eigenvalue weighted by atomic mass is 10.0. The maximum atomic E-state index is 14.0. The van der Waals surface area contributed by atoms with E-state index < -0.39 is 6.04 Å². The van der Waals surface area contributed by atoms with Crippen molar-refractivity contribution in [1.29, 1.82) is 0 Å². The smallest absolute Gasteiger partial charge is 0.248 e. The molecule has 5 heterocycles. The van der Waals surface area contributed by atoms with E-state index in [1.165, 1.54) is 6.33 Å². The minimum Gasteiger partial charge on any atom is -0.383 e. The van der Waals surface area contributed by atoms with Gasteiger partial charge in [0.2, 0.25) is 11.8 Å². The number of halogens is 1.